The SMILES string of the molecule is CN(CC(=O)O)C1CCCN(C(C(N)=O)c2ccc(Br)cc2)CC1.Cl. The van der Waals surface area contributed by atoms with Crippen LogP contribution in [0.2, 0.25) is 0 Å². The zero-order valence-corrected chi connectivity index (χ0v) is 16.6. The number of amides is 1. The molecule has 1 aliphatic rings. The molecule has 2 unspecified atom stereocenters. The monoisotopic (exact) mass is 433 g/mol. The summed E-state index contributed by atoms with van der Waals surface area (Å²) in [6.07, 6.45) is 2.66. The minimum absolute atomic E-state index is 0. The maximum Gasteiger partial charge on any atom is 0.317 e. The normalized spacial score (nSPS) is 19.7. The van der Waals surface area contributed by atoms with E-state index in [9.17, 15) is 9.59 Å². The zero-order chi connectivity index (χ0) is 17.7. The minimum atomic E-state index is -0.816. The number of aliphatic carboxylic acids is 1. The maximum absolute atomic E-state index is 12.0. The lowest BCUT2D eigenvalue weighted by molar-refractivity contribution is -0.138. The molecule has 25 heavy (non-hydrogen) atoms. The molecule has 1 aromatic rings. The molecule has 8 heteroatoms. The Morgan fingerprint density at radius 2 is 1.96 bits per heavy atom. The molecule has 1 heterocycles. The van der Waals surface area contributed by atoms with E-state index in [1.54, 1.807) is 0 Å². The van der Waals surface area contributed by atoms with E-state index in [4.69, 9.17) is 10.8 Å². The van der Waals surface area contributed by atoms with E-state index < -0.39 is 12.0 Å². The lowest BCUT2D eigenvalue weighted by Crippen LogP contribution is -2.40. The smallest absolute Gasteiger partial charge is 0.317 e. The first-order valence-corrected chi connectivity index (χ1v) is 8.88. The average molecular weight is 435 g/mol. The Labute approximate surface area is 162 Å². The van der Waals surface area contributed by atoms with Gasteiger partial charge in [-0.15, -0.1) is 12.4 Å². The van der Waals surface area contributed by atoms with Gasteiger partial charge >= 0.3 is 5.97 Å². The van der Waals surface area contributed by atoms with Crippen LogP contribution < -0.4 is 5.73 Å². The van der Waals surface area contributed by atoms with E-state index in [0.29, 0.717) is 0 Å². The number of carbonyl (C=O) groups is 2. The van der Waals surface area contributed by atoms with E-state index in [-0.39, 0.29) is 30.9 Å². The molecule has 3 N–H and O–H groups in total. The molecule has 1 amide bonds. The van der Waals surface area contributed by atoms with Crippen LogP contribution in [0, 0.1) is 0 Å². The van der Waals surface area contributed by atoms with Gasteiger partial charge in [0.25, 0.3) is 0 Å². The summed E-state index contributed by atoms with van der Waals surface area (Å²) in [6.45, 7) is 1.54. The van der Waals surface area contributed by atoms with Gasteiger partial charge in [-0.2, -0.15) is 0 Å². The number of nitrogens with two attached hydrogens (primary N) is 1. The summed E-state index contributed by atoms with van der Waals surface area (Å²) in [6, 6.07) is 7.42. The molecule has 6 nitrogen and oxygen atoms in total. The summed E-state index contributed by atoms with van der Waals surface area (Å²) in [7, 11) is 1.84. The van der Waals surface area contributed by atoms with Crippen molar-refractivity contribution in [3.8, 4) is 0 Å². The Kier molecular flexibility index (Phi) is 8.85. The first-order chi connectivity index (χ1) is 11.4. The maximum atomic E-state index is 12.0. The van der Waals surface area contributed by atoms with Crippen LogP contribution in [-0.2, 0) is 9.59 Å². The predicted octanol–water partition coefficient (Wildman–Crippen LogP) is 2.27. The second kappa shape index (κ2) is 10.1. The number of hydrogen-bond donors (Lipinski definition) is 2. The van der Waals surface area contributed by atoms with Gasteiger partial charge in [-0.05, 0) is 50.6 Å². The highest BCUT2D eigenvalue weighted by Crippen LogP contribution is 2.26. The molecule has 0 bridgehead atoms. The van der Waals surface area contributed by atoms with E-state index in [2.05, 4.69) is 20.8 Å². The third-order valence-electron chi connectivity index (χ3n) is 4.56. The quantitative estimate of drug-likeness (QED) is 0.717. The Balaban J connectivity index is 0.00000312. The number of benzene rings is 1. The van der Waals surface area contributed by atoms with Gasteiger partial charge in [0.1, 0.15) is 6.04 Å². The van der Waals surface area contributed by atoms with Gasteiger partial charge in [0.2, 0.25) is 5.91 Å². The molecular weight excluding hydrogens is 410 g/mol. The molecule has 1 aromatic carbocycles. The number of nitrogens with zero attached hydrogens (tertiary/aromatic N) is 2. The minimum Gasteiger partial charge on any atom is -0.480 e. The van der Waals surface area contributed by atoms with Crippen LogP contribution in [0.4, 0.5) is 0 Å². The predicted molar refractivity (Wildman–Crippen MR) is 103 cm³/mol. The van der Waals surface area contributed by atoms with Gasteiger partial charge in [-0.3, -0.25) is 19.4 Å². The fraction of sp³-hybridized carbons (Fsp3) is 0.529. The Morgan fingerprint density at radius 1 is 1.32 bits per heavy atom. The van der Waals surface area contributed by atoms with Crippen molar-refractivity contribution < 1.29 is 14.7 Å². The second-order valence-electron chi connectivity index (χ2n) is 6.29. The number of likely N-dealkylation sites (N-methyl/N-ethyl adjacent to an activating group) is 1. The highest BCUT2D eigenvalue weighted by molar-refractivity contribution is 9.10. The number of carboxylic acids is 1. The lowest BCUT2D eigenvalue weighted by atomic mass is 10.0. The molecule has 2 rings (SSSR count). The Morgan fingerprint density at radius 3 is 2.52 bits per heavy atom. The van der Waals surface area contributed by atoms with Crippen LogP contribution in [-0.4, -0.2) is 59.5 Å². The number of carboxylic acid groups (broad SMARTS) is 1. The number of primary amides is 1. The van der Waals surface area contributed by atoms with Crippen molar-refractivity contribution in [1.82, 2.24) is 9.80 Å². The summed E-state index contributed by atoms with van der Waals surface area (Å²) in [5.74, 6) is -1.17. The van der Waals surface area contributed by atoms with Crippen molar-refractivity contribution in [2.45, 2.75) is 31.3 Å². The highest BCUT2D eigenvalue weighted by atomic mass is 79.9. The number of hydrogen-bond acceptors (Lipinski definition) is 4. The van der Waals surface area contributed by atoms with E-state index >= 15 is 0 Å². The van der Waals surface area contributed by atoms with Crippen LogP contribution in [0.15, 0.2) is 28.7 Å². The van der Waals surface area contributed by atoms with Gasteiger partial charge in [-0.25, -0.2) is 0 Å². The number of carbonyl (C=O) groups excluding carboxylic acids is 1. The summed E-state index contributed by atoms with van der Waals surface area (Å²) in [4.78, 5) is 26.9. The molecule has 1 fully saturated rings. The average Bonchev–Trinajstić information content (AvgIpc) is 2.74. The van der Waals surface area contributed by atoms with Crippen molar-refractivity contribution >= 4 is 40.2 Å². The summed E-state index contributed by atoms with van der Waals surface area (Å²) in [5.41, 5.74) is 6.56. The van der Waals surface area contributed by atoms with Gasteiger partial charge in [0, 0.05) is 17.1 Å². The van der Waals surface area contributed by atoms with Crippen LogP contribution in [0.5, 0.6) is 0 Å². The summed E-state index contributed by atoms with van der Waals surface area (Å²) >= 11 is 3.40. The first-order valence-electron chi connectivity index (χ1n) is 8.09. The zero-order valence-electron chi connectivity index (χ0n) is 14.2. The number of likely N-dealkylation sites (tertiary alicyclic amines) is 1. The van der Waals surface area contributed by atoms with Crippen molar-refractivity contribution in [3.63, 3.8) is 0 Å². The van der Waals surface area contributed by atoms with Crippen molar-refractivity contribution in [2.24, 2.45) is 5.73 Å². The summed E-state index contributed by atoms with van der Waals surface area (Å²) in [5, 5.41) is 8.95. The van der Waals surface area contributed by atoms with Crippen LogP contribution in [0.25, 0.3) is 0 Å². The fourth-order valence-electron chi connectivity index (χ4n) is 3.34. The van der Waals surface area contributed by atoms with Crippen LogP contribution in [0.3, 0.4) is 0 Å². The molecule has 0 aliphatic carbocycles. The number of halogens is 2. The molecule has 0 aromatic heterocycles. The van der Waals surface area contributed by atoms with E-state index in [1.807, 2.05) is 36.2 Å². The second-order valence-corrected chi connectivity index (χ2v) is 7.20. The molecule has 1 saturated heterocycles. The topological polar surface area (TPSA) is 86.9 Å². The summed E-state index contributed by atoms with van der Waals surface area (Å²) < 4.78 is 0.959. The lowest BCUT2D eigenvalue weighted by Gasteiger charge is -2.29. The fourth-order valence-corrected chi connectivity index (χ4v) is 3.61. The van der Waals surface area contributed by atoms with Crippen LogP contribution >= 0.6 is 28.3 Å². The highest BCUT2D eigenvalue weighted by Gasteiger charge is 2.29. The molecular formula is C17H25BrClN3O3. The first kappa shape index (κ1) is 21.9. The molecule has 0 radical (unpaired) electrons. The van der Waals surface area contributed by atoms with Crippen molar-refractivity contribution in [2.75, 3.05) is 26.7 Å². The van der Waals surface area contributed by atoms with Crippen LogP contribution in [0.1, 0.15) is 30.9 Å². The Hall–Kier alpha value is -1.15. The van der Waals surface area contributed by atoms with E-state index in [1.165, 1.54) is 0 Å². The largest absolute Gasteiger partial charge is 0.480 e. The molecule has 0 spiro atoms. The van der Waals surface area contributed by atoms with Crippen molar-refractivity contribution in [1.29, 1.82) is 0 Å². The number of rotatable bonds is 6. The standard InChI is InChI=1S/C17H24BrN3O3.ClH/c1-20(11-15(22)23)14-3-2-9-21(10-8-14)16(17(19)24)12-4-6-13(18)7-5-12;/h4-7,14,16H,2-3,8-11H2,1H3,(H2,19,24)(H,22,23);1H. The van der Waals surface area contributed by atoms with Gasteiger partial charge < -0.3 is 10.8 Å². The molecule has 2 atom stereocenters. The van der Waals surface area contributed by atoms with Gasteiger partial charge in [0.05, 0.1) is 6.54 Å². The third-order valence-corrected chi connectivity index (χ3v) is 5.09. The van der Waals surface area contributed by atoms with E-state index in [0.717, 1.165) is 42.4 Å². The molecule has 1 aliphatic heterocycles. The molecule has 0 saturated carbocycles. The molecule has 140 valence electrons. The van der Waals surface area contributed by atoms with Gasteiger partial charge in [0.15, 0.2) is 0 Å². The van der Waals surface area contributed by atoms with Crippen molar-refractivity contribution in [3.05, 3.63) is 34.3 Å². The van der Waals surface area contributed by atoms with Gasteiger partial charge in [-0.1, -0.05) is 28.1 Å². The third kappa shape index (κ3) is 6.26. The Bertz CT molecular complexity index is 585.